The number of anilines is 1. The average molecular weight is 266 g/mol. The van der Waals surface area contributed by atoms with Crippen molar-refractivity contribution in [3.63, 3.8) is 0 Å². The van der Waals surface area contributed by atoms with Crippen molar-refractivity contribution < 1.29 is 9.84 Å². The van der Waals surface area contributed by atoms with Crippen LogP contribution in [0.2, 0.25) is 5.02 Å². The van der Waals surface area contributed by atoms with E-state index in [0.717, 1.165) is 0 Å². The number of nitrogens with one attached hydrogen (secondary N) is 1. The van der Waals surface area contributed by atoms with Crippen LogP contribution in [0.5, 0.6) is 11.5 Å². The first-order valence-corrected chi connectivity index (χ1v) is 5.63. The first kappa shape index (κ1) is 12.4. The van der Waals surface area contributed by atoms with E-state index in [-0.39, 0.29) is 5.75 Å². The van der Waals surface area contributed by atoms with Crippen LogP contribution in [-0.2, 0) is 6.54 Å². The Morgan fingerprint density at radius 2 is 2.28 bits per heavy atom. The van der Waals surface area contributed by atoms with Gasteiger partial charge >= 0.3 is 0 Å². The molecule has 0 saturated heterocycles. The van der Waals surface area contributed by atoms with Gasteiger partial charge < -0.3 is 15.2 Å². The molecule has 0 atom stereocenters. The zero-order chi connectivity index (χ0) is 13.0. The van der Waals surface area contributed by atoms with Gasteiger partial charge in [0.2, 0.25) is 0 Å². The molecule has 2 aromatic rings. The summed E-state index contributed by atoms with van der Waals surface area (Å²) < 4.78 is 5.10. The monoisotopic (exact) mass is 265 g/mol. The molecule has 2 rings (SSSR count). The highest BCUT2D eigenvalue weighted by Crippen LogP contribution is 2.24. The molecule has 1 aromatic heterocycles. The highest BCUT2D eigenvalue weighted by atomic mass is 35.5. The lowest BCUT2D eigenvalue weighted by molar-refractivity contribution is 0.411. The second-order valence-electron chi connectivity index (χ2n) is 3.57. The number of phenolic OH excluding ortho intramolecular Hbond substituents is 1. The molecular weight excluding hydrogens is 254 g/mol. The molecule has 6 heteroatoms. The van der Waals surface area contributed by atoms with Gasteiger partial charge in [0, 0.05) is 12.1 Å². The largest absolute Gasteiger partial charge is 0.508 e. The topological polar surface area (TPSA) is 67.3 Å². The fraction of sp³-hybridized carbons (Fsp3) is 0.167. The third-order valence-electron chi connectivity index (χ3n) is 2.40. The summed E-state index contributed by atoms with van der Waals surface area (Å²) in [6.45, 7) is 0.389. The Kier molecular flexibility index (Phi) is 3.84. The van der Waals surface area contributed by atoms with Crippen molar-refractivity contribution in [1.29, 1.82) is 0 Å². The van der Waals surface area contributed by atoms with E-state index < -0.39 is 0 Å². The Balaban J connectivity index is 2.13. The molecular formula is C12H12ClN3O2. The molecule has 0 unspecified atom stereocenters. The maximum absolute atomic E-state index is 9.72. The molecule has 0 amide bonds. The van der Waals surface area contributed by atoms with Crippen molar-refractivity contribution in [2.24, 2.45) is 0 Å². The number of hydrogen-bond acceptors (Lipinski definition) is 5. The van der Waals surface area contributed by atoms with Crippen LogP contribution in [0.3, 0.4) is 0 Å². The van der Waals surface area contributed by atoms with E-state index in [1.807, 2.05) is 0 Å². The van der Waals surface area contributed by atoms with Gasteiger partial charge in [-0.15, -0.1) is 0 Å². The quantitative estimate of drug-likeness (QED) is 0.889. The van der Waals surface area contributed by atoms with E-state index in [4.69, 9.17) is 16.3 Å². The van der Waals surface area contributed by atoms with Crippen LogP contribution >= 0.6 is 11.6 Å². The Morgan fingerprint density at radius 3 is 3.00 bits per heavy atom. The van der Waals surface area contributed by atoms with Crippen LogP contribution in [0, 0.1) is 0 Å². The van der Waals surface area contributed by atoms with Crippen molar-refractivity contribution in [2.45, 2.75) is 6.54 Å². The zero-order valence-corrected chi connectivity index (χ0v) is 10.5. The fourth-order valence-electron chi connectivity index (χ4n) is 1.45. The number of nitrogens with zero attached hydrogens (tertiary/aromatic N) is 2. The number of ether oxygens (including phenoxy) is 1. The van der Waals surface area contributed by atoms with E-state index in [1.54, 1.807) is 25.3 Å². The van der Waals surface area contributed by atoms with Gasteiger partial charge in [0.1, 0.15) is 28.7 Å². The van der Waals surface area contributed by atoms with Gasteiger partial charge in [-0.05, 0) is 18.2 Å². The number of hydrogen-bond donors (Lipinski definition) is 2. The van der Waals surface area contributed by atoms with Gasteiger partial charge in [0.15, 0.2) is 0 Å². The summed E-state index contributed by atoms with van der Waals surface area (Å²) in [4.78, 5) is 7.79. The van der Waals surface area contributed by atoms with Crippen LogP contribution in [0.4, 0.5) is 5.82 Å². The number of rotatable bonds is 4. The highest BCUT2D eigenvalue weighted by molar-refractivity contribution is 6.32. The number of halogens is 1. The van der Waals surface area contributed by atoms with Gasteiger partial charge in [-0.2, -0.15) is 0 Å². The summed E-state index contributed by atoms with van der Waals surface area (Å²) in [5, 5.41) is 13.2. The third kappa shape index (κ3) is 2.81. The van der Waals surface area contributed by atoms with Crippen molar-refractivity contribution in [2.75, 3.05) is 12.4 Å². The molecule has 0 aliphatic heterocycles. The molecule has 18 heavy (non-hydrogen) atoms. The van der Waals surface area contributed by atoms with Gasteiger partial charge in [0.25, 0.3) is 0 Å². The maximum atomic E-state index is 9.72. The van der Waals surface area contributed by atoms with E-state index in [1.165, 1.54) is 12.5 Å². The summed E-state index contributed by atoms with van der Waals surface area (Å²) in [6, 6.07) is 5.02. The third-order valence-corrected chi connectivity index (χ3v) is 2.68. The van der Waals surface area contributed by atoms with Crippen LogP contribution in [0.1, 0.15) is 5.56 Å². The van der Waals surface area contributed by atoms with E-state index in [0.29, 0.717) is 28.7 Å². The van der Waals surface area contributed by atoms with E-state index >= 15 is 0 Å². The van der Waals surface area contributed by atoms with E-state index in [9.17, 15) is 5.11 Å². The molecule has 0 saturated carbocycles. The fourth-order valence-corrected chi connectivity index (χ4v) is 1.62. The van der Waals surface area contributed by atoms with Crippen LogP contribution in [0.15, 0.2) is 30.7 Å². The molecule has 5 nitrogen and oxygen atoms in total. The van der Waals surface area contributed by atoms with Crippen molar-refractivity contribution >= 4 is 17.4 Å². The number of phenols is 1. The summed E-state index contributed by atoms with van der Waals surface area (Å²) in [5.74, 6) is 1.39. The number of benzene rings is 1. The van der Waals surface area contributed by atoms with E-state index in [2.05, 4.69) is 15.3 Å². The minimum absolute atomic E-state index is 0.188. The molecule has 0 bridgehead atoms. The second kappa shape index (κ2) is 5.55. The summed E-state index contributed by atoms with van der Waals surface area (Å²) >= 11 is 5.91. The van der Waals surface area contributed by atoms with Crippen molar-refractivity contribution in [3.05, 3.63) is 41.3 Å². The highest BCUT2D eigenvalue weighted by Gasteiger charge is 2.05. The molecule has 0 aliphatic carbocycles. The van der Waals surface area contributed by atoms with Gasteiger partial charge in [0.05, 0.1) is 13.3 Å². The molecule has 0 radical (unpaired) electrons. The predicted molar refractivity (Wildman–Crippen MR) is 69.0 cm³/mol. The number of aromatic nitrogens is 2. The van der Waals surface area contributed by atoms with Crippen LogP contribution < -0.4 is 10.1 Å². The predicted octanol–water partition coefficient (Wildman–Crippen LogP) is 2.46. The molecule has 0 aliphatic rings. The standard InChI is InChI=1S/C12H12ClN3O2/c1-18-9-2-3-11(17)8(4-9)5-15-12-10(13)6-14-7-16-12/h2-4,6-7,17H,5H2,1H3,(H,14,15,16). The number of aromatic hydroxyl groups is 1. The number of methoxy groups -OCH3 is 1. The Bertz CT molecular complexity index is 549. The van der Waals surface area contributed by atoms with Crippen molar-refractivity contribution in [3.8, 4) is 11.5 Å². The molecule has 94 valence electrons. The lowest BCUT2D eigenvalue weighted by Crippen LogP contribution is -2.02. The first-order valence-electron chi connectivity index (χ1n) is 5.26. The molecule has 0 spiro atoms. The Labute approximate surface area is 109 Å². The molecule has 1 aromatic carbocycles. The zero-order valence-electron chi connectivity index (χ0n) is 9.72. The normalized spacial score (nSPS) is 10.1. The summed E-state index contributed by atoms with van der Waals surface area (Å²) in [7, 11) is 1.57. The minimum atomic E-state index is 0.188. The van der Waals surface area contributed by atoms with Gasteiger partial charge in [-0.3, -0.25) is 0 Å². The lowest BCUT2D eigenvalue weighted by atomic mass is 10.2. The van der Waals surface area contributed by atoms with Gasteiger partial charge in [-0.25, -0.2) is 9.97 Å². The molecule has 1 heterocycles. The Morgan fingerprint density at radius 1 is 1.44 bits per heavy atom. The van der Waals surface area contributed by atoms with Crippen molar-refractivity contribution in [1.82, 2.24) is 9.97 Å². The average Bonchev–Trinajstić information content (AvgIpc) is 2.39. The second-order valence-corrected chi connectivity index (χ2v) is 3.97. The SMILES string of the molecule is COc1ccc(O)c(CNc2ncncc2Cl)c1. The lowest BCUT2D eigenvalue weighted by Gasteiger charge is -2.09. The minimum Gasteiger partial charge on any atom is -0.508 e. The smallest absolute Gasteiger partial charge is 0.148 e. The van der Waals surface area contributed by atoms with Gasteiger partial charge in [-0.1, -0.05) is 11.6 Å². The maximum Gasteiger partial charge on any atom is 0.148 e. The first-order chi connectivity index (χ1) is 8.70. The Hall–Kier alpha value is -2.01. The molecule has 0 fully saturated rings. The van der Waals surface area contributed by atoms with Crippen LogP contribution in [0.25, 0.3) is 0 Å². The molecule has 2 N–H and O–H groups in total. The summed E-state index contributed by atoms with van der Waals surface area (Å²) in [6.07, 6.45) is 2.90. The van der Waals surface area contributed by atoms with Crippen LogP contribution in [-0.4, -0.2) is 22.2 Å². The summed E-state index contributed by atoms with van der Waals surface area (Å²) in [5.41, 5.74) is 0.698.